The largest absolute Gasteiger partial charge is 0.337 e. The normalized spacial score (nSPS) is 12.5. The van der Waals surface area contributed by atoms with Crippen molar-refractivity contribution in [1.82, 2.24) is 14.9 Å². The molecule has 1 N–H and O–H groups in total. The molecule has 19 heavy (non-hydrogen) atoms. The van der Waals surface area contributed by atoms with Crippen molar-refractivity contribution >= 4 is 11.8 Å². The van der Waals surface area contributed by atoms with Gasteiger partial charge in [0, 0.05) is 29.9 Å². The summed E-state index contributed by atoms with van der Waals surface area (Å²) < 4.78 is 2.11. The number of benzene rings is 1. The van der Waals surface area contributed by atoms with E-state index in [-0.39, 0.29) is 0 Å². The molecule has 0 aliphatic rings. The lowest BCUT2D eigenvalue weighted by atomic mass is 10.1. The van der Waals surface area contributed by atoms with Gasteiger partial charge in [0.2, 0.25) is 0 Å². The van der Waals surface area contributed by atoms with Crippen LogP contribution in [0.5, 0.6) is 0 Å². The number of thioether (sulfide) groups is 1. The van der Waals surface area contributed by atoms with E-state index in [0.29, 0.717) is 6.04 Å². The van der Waals surface area contributed by atoms with Crippen molar-refractivity contribution < 1.29 is 0 Å². The summed E-state index contributed by atoms with van der Waals surface area (Å²) in [6.45, 7) is 4.25. The minimum atomic E-state index is 0.402. The minimum absolute atomic E-state index is 0.402. The van der Waals surface area contributed by atoms with Crippen LogP contribution in [0.15, 0.2) is 47.9 Å². The number of rotatable bonds is 7. The van der Waals surface area contributed by atoms with E-state index < -0.39 is 0 Å². The Bertz CT molecular complexity index is 465. The summed E-state index contributed by atoms with van der Waals surface area (Å²) in [5, 5.41) is 3.56. The van der Waals surface area contributed by atoms with Crippen LogP contribution in [0.3, 0.4) is 0 Å². The molecular weight excluding hydrogens is 254 g/mol. The molecule has 1 aromatic heterocycles. The third-order valence-electron chi connectivity index (χ3n) is 3.22. The Morgan fingerprint density at radius 2 is 2.11 bits per heavy atom. The van der Waals surface area contributed by atoms with Gasteiger partial charge in [-0.2, -0.15) is 0 Å². The molecule has 1 aromatic carbocycles. The Kier molecular flexibility index (Phi) is 5.48. The lowest BCUT2D eigenvalue weighted by Crippen LogP contribution is -2.20. The van der Waals surface area contributed by atoms with Crippen LogP contribution in [0.25, 0.3) is 0 Å². The second-order valence-corrected chi connectivity index (χ2v) is 5.48. The summed E-state index contributed by atoms with van der Waals surface area (Å²) in [5.74, 6) is 0. The van der Waals surface area contributed by atoms with Gasteiger partial charge in [0.1, 0.15) is 0 Å². The number of imidazole rings is 1. The smallest absolute Gasteiger partial charge is 0.0945 e. The van der Waals surface area contributed by atoms with Gasteiger partial charge in [0.25, 0.3) is 0 Å². The molecule has 0 aliphatic heterocycles. The zero-order chi connectivity index (χ0) is 13.5. The van der Waals surface area contributed by atoms with Crippen molar-refractivity contribution in [2.24, 2.45) is 0 Å². The van der Waals surface area contributed by atoms with Gasteiger partial charge in [0.15, 0.2) is 0 Å². The molecule has 0 aliphatic carbocycles. The van der Waals surface area contributed by atoms with Crippen LogP contribution in [-0.2, 0) is 6.54 Å². The summed E-state index contributed by atoms with van der Waals surface area (Å²) in [6, 6.07) is 9.19. The molecule has 0 saturated heterocycles. The van der Waals surface area contributed by atoms with Gasteiger partial charge in [0.05, 0.1) is 6.33 Å². The number of nitrogens with one attached hydrogen (secondary N) is 1. The molecule has 1 heterocycles. The summed E-state index contributed by atoms with van der Waals surface area (Å²) in [7, 11) is 0. The second-order valence-electron chi connectivity index (χ2n) is 4.60. The molecule has 3 nitrogen and oxygen atoms in total. The second kappa shape index (κ2) is 7.36. The van der Waals surface area contributed by atoms with Crippen LogP contribution in [0.1, 0.15) is 24.9 Å². The molecule has 102 valence electrons. The fourth-order valence-corrected chi connectivity index (χ4v) is 2.42. The maximum Gasteiger partial charge on any atom is 0.0945 e. The average Bonchev–Trinajstić information content (AvgIpc) is 2.96. The van der Waals surface area contributed by atoms with Gasteiger partial charge in [-0.15, -0.1) is 11.8 Å². The predicted molar refractivity (Wildman–Crippen MR) is 81.5 cm³/mol. The summed E-state index contributed by atoms with van der Waals surface area (Å²) in [4.78, 5) is 5.36. The number of hydrogen-bond donors (Lipinski definition) is 1. The van der Waals surface area contributed by atoms with E-state index in [1.807, 2.05) is 18.7 Å². The van der Waals surface area contributed by atoms with Gasteiger partial charge in [-0.1, -0.05) is 12.1 Å². The molecule has 0 fully saturated rings. The Morgan fingerprint density at radius 1 is 1.32 bits per heavy atom. The first-order chi connectivity index (χ1) is 9.29. The van der Waals surface area contributed by atoms with E-state index in [0.717, 1.165) is 19.5 Å². The fraction of sp³-hybridized carbons (Fsp3) is 0.400. The maximum atomic E-state index is 4.04. The Balaban J connectivity index is 1.72. The Labute approximate surface area is 119 Å². The monoisotopic (exact) mass is 275 g/mol. The van der Waals surface area contributed by atoms with Crippen LogP contribution < -0.4 is 5.32 Å². The van der Waals surface area contributed by atoms with E-state index >= 15 is 0 Å². The molecule has 0 amide bonds. The van der Waals surface area contributed by atoms with Crippen LogP contribution in [0.2, 0.25) is 0 Å². The first-order valence-corrected chi connectivity index (χ1v) is 7.85. The van der Waals surface area contributed by atoms with Crippen LogP contribution >= 0.6 is 11.8 Å². The van der Waals surface area contributed by atoms with Gasteiger partial charge in [-0.25, -0.2) is 4.98 Å². The van der Waals surface area contributed by atoms with Gasteiger partial charge >= 0.3 is 0 Å². The fourth-order valence-electron chi connectivity index (χ4n) is 2.01. The number of nitrogens with zero attached hydrogens (tertiary/aromatic N) is 2. The highest BCUT2D eigenvalue weighted by molar-refractivity contribution is 7.98. The third-order valence-corrected chi connectivity index (χ3v) is 3.96. The zero-order valence-electron chi connectivity index (χ0n) is 11.5. The van der Waals surface area contributed by atoms with E-state index in [4.69, 9.17) is 0 Å². The molecule has 0 saturated carbocycles. The third kappa shape index (κ3) is 4.40. The van der Waals surface area contributed by atoms with Gasteiger partial charge < -0.3 is 9.88 Å². The first-order valence-electron chi connectivity index (χ1n) is 6.62. The molecular formula is C15H21N3S. The molecule has 0 radical (unpaired) electrons. The number of aryl methyl sites for hydroxylation is 1. The van der Waals surface area contributed by atoms with E-state index in [1.54, 1.807) is 11.8 Å². The molecule has 2 aromatic rings. The quantitative estimate of drug-likeness (QED) is 0.621. The topological polar surface area (TPSA) is 29.9 Å². The van der Waals surface area contributed by atoms with E-state index in [9.17, 15) is 0 Å². The average molecular weight is 275 g/mol. The van der Waals surface area contributed by atoms with Crippen molar-refractivity contribution in [3.63, 3.8) is 0 Å². The molecule has 2 rings (SSSR count). The van der Waals surface area contributed by atoms with Crippen molar-refractivity contribution in [1.29, 1.82) is 0 Å². The van der Waals surface area contributed by atoms with Gasteiger partial charge in [-0.3, -0.25) is 0 Å². The lowest BCUT2D eigenvalue weighted by molar-refractivity contribution is 0.526. The minimum Gasteiger partial charge on any atom is -0.337 e. The summed E-state index contributed by atoms with van der Waals surface area (Å²) >= 11 is 1.78. The standard InChI is InChI=1S/C15H21N3S/c1-13(14-4-6-15(19-2)7-5-14)17-8-3-10-18-11-9-16-12-18/h4-7,9,11-13,17H,3,8,10H2,1-2H3. The van der Waals surface area contributed by atoms with Crippen molar-refractivity contribution in [3.8, 4) is 0 Å². The highest BCUT2D eigenvalue weighted by Crippen LogP contribution is 2.18. The SMILES string of the molecule is CSc1ccc(C(C)NCCCn2ccnc2)cc1. The molecule has 4 heteroatoms. The van der Waals surface area contributed by atoms with Gasteiger partial charge in [-0.05, 0) is 43.8 Å². The lowest BCUT2D eigenvalue weighted by Gasteiger charge is -2.14. The van der Waals surface area contributed by atoms with E-state index in [2.05, 4.69) is 52.3 Å². The van der Waals surface area contributed by atoms with Crippen molar-refractivity contribution in [2.75, 3.05) is 12.8 Å². The molecule has 0 spiro atoms. The number of hydrogen-bond acceptors (Lipinski definition) is 3. The summed E-state index contributed by atoms with van der Waals surface area (Å²) in [6.07, 6.45) is 8.91. The first kappa shape index (κ1) is 14.2. The maximum absolute atomic E-state index is 4.04. The highest BCUT2D eigenvalue weighted by Gasteiger charge is 2.03. The zero-order valence-corrected chi connectivity index (χ0v) is 12.4. The molecule has 1 unspecified atom stereocenters. The Morgan fingerprint density at radius 3 is 2.74 bits per heavy atom. The predicted octanol–water partition coefficient (Wildman–Crippen LogP) is 3.35. The molecule has 0 bridgehead atoms. The van der Waals surface area contributed by atoms with Crippen LogP contribution in [0.4, 0.5) is 0 Å². The number of aromatic nitrogens is 2. The molecule has 1 atom stereocenters. The summed E-state index contributed by atoms with van der Waals surface area (Å²) in [5.41, 5.74) is 1.35. The van der Waals surface area contributed by atoms with Crippen LogP contribution in [-0.4, -0.2) is 22.4 Å². The van der Waals surface area contributed by atoms with Crippen molar-refractivity contribution in [3.05, 3.63) is 48.5 Å². The highest BCUT2D eigenvalue weighted by atomic mass is 32.2. The van der Waals surface area contributed by atoms with Crippen molar-refractivity contribution in [2.45, 2.75) is 30.8 Å². The van der Waals surface area contributed by atoms with E-state index in [1.165, 1.54) is 10.5 Å². The Hall–Kier alpha value is -1.26. The van der Waals surface area contributed by atoms with Crippen LogP contribution in [0, 0.1) is 0 Å².